The molecule has 1 heterocycles. The summed E-state index contributed by atoms with van der Waals surface area (Å²) in [6.45, 7) is 3.93. The van der Waals surface area contributed by atoms with Crippen LogP contribution in [0.15, 0.2) is 4.42 Å². The molecule has 0 amide bonds. The lowest BCUT2D eigenvalue weighted by Crippen LogP contribution is -1.95. The first kappa shape index (κ1) is 10.7. The third-order valence-electron chi connectivity index (χ3n) is 1.76. The summed E-state index contributed by atoms with van der Waals surface area (Å²) >= 11 is 0. The average molecular weight is 198 g/mol. The summed E-state index contributed by atoms with van der Waals surface area (Å²) in [7, 11) is 0. The van der Waals surface area contributed by atoms with Gasteiger partial charge in [-0.15, -0.1) is 10.2 Å². The smallest absolute Gasteiger partial charge is 0.303 e. The fourth-order valence-electron chi connectivity index (χ4n) is 0.992. The van der Waals surface area contributed by atoms with Crippen molar-refractivity contribution in [3.63, 3.8) is 0 Å². The molecule has 0 aromatic carbocycles. The standard InChI is InChI=1S/C9H14N2O3/c1-6(2)9-11-10-7(14-9)4-3-5-8(12)13/h6H,3-5H2,1-2H3,(H,12,13). The average Bonchev–Trinajstić information content (AvgIpc) is 2.52. The number of carbonyl (C=O) groups is 1. The summed E-state index contributed by atoms with van der Waals surface area (Å²) in [5.74, 6) is 0.551. The number of aromatic nitrogens is 2. The van der Waals surface area contributed by atoms with Gasteiger partial charge in [-0.2, -0.15) is 0 Å². The molecule has 1 rings (SSSR count). The Kier molecular flexibility index (Phi) is 3.62. The van der Waals surface area contributed by atoms with E-state index < -0.39 is 5.97 Å². The van der Waals surface area contributed by atoms with Crippen LogP contribution in [0.2, 0.25) is 0 Å². The molecule has 0 saturated carbocycles. The van der Waals surface area contributed by atoms with Crippen LogP contribution in [0.5, 0.6) is 0 Å². The molecule has 0 fully saturated rings. The molecule has 1 aromatic rings. The number of rotatable bonds is 5. The van der Waals surface area contributed by atoms with Gasteiger partial charge in [-0.05, 0) is 6.42 Å². The molecule has 14 heavy (non-hydrogen) atoms. The number of aliphatic carboxylic acids is 1. The van der Waals surface area contributed by atoms with Crippen molar-refractivity contribution in [2.45, 2.75) is 39.0 Å². The van der Waals surface area contributed by atoms with E-state index in [-0.39, 0.29) is 12.3 Å². The van der Waals surface area contributed by atoms with E-state index in [1.165, 1.54) is 0 Å². The lowest BCUT2D eigenvalue weighted by atomic mass is 10.2. The molecule has 0 atom stereocenters. The predicted molar refractivity (Wildman–Crippen MR) is 49.0 cm³/mol. The maximum Gasteiger partial charge on any atom is 0.303 e. The maximum atomic E-state index is 10.2. The minimum absolute atomic E-state index is 0.138. The summed E-state index contributed by atoms with van der Waals surface area (Å²) in [5, 5.41) is 16.1. The van der Waals surface area contributed by atoms with E-state index >= 15 is 0 Å². The predicted octanol–water partition coefficient (Wildman–Crippen LogP) is 1.60. The fraction of sp³-hybridized carbons (Fsp3) is 0.667. The molecule has 0 saturated heterocycles. The zero-order valence-electron chi connectivity index (χ0n) is 8.36. The number of carboxylic acid groups (broad SMARTS) is 1. The number of carboxylic acids is 1. The second-order valence-corrected chi connectivity index (χ2v) is 3.44. The highest BCUT2D eigenvalue weighted by molar-refractivity contribution is 5.66. The lowest BCUT2D eigenvalue weighted by Gasteiger charge is -1.94. The van der Waals surface area contributed by atoms with Crippen LogP contribution in [-0.4, -0.2) is 21.3 Å². The first-order valence-electron chi connectivity index (χ1n) is 4.63. The van der Waals surface area contributed by atoms with Crippen LogP contribution in [0, 0.1) is 0 Å². The van der Waals surface area contributed by atoms with Gasteiger partial charge in [0.05, 0.1) is 0 Å². The third kappa shape index (κ3) is 3.16. The van der Waals surface area contributed by atoms with Gasteiger partial charge in [0, 0.05) is 18.8 Å². The molecule has 0 aliphatic rings. The number of nitrogens with zero attached hydrogens (tertiary/aromatic N) is 2. The fourth-order valence-corrected chi connectivity index (χ4v) is 0.992. The highest BCUT2D eigenvalue weighted by Crippen LogP contribution is 2.13. The summed E-state index contributed by atoms with van der Waals surface area (Å²) in [6.07, 6.45) is 1.21. The molecular formula is C9H14N2O3. The quantitative estimate of drug-likeness (QED) is 0.777. The van der Waals surface area contributed by atoms with Crippen molar-refractivity contribution in [3.05, 3.63) is 11.8 Å². The third-order valence-corrected chi connectivity index (χ3v) is 1.76. The van der Waals surface area contributed by atoms with E-state index in [2.05, 4.69) is 10.2 Å². The Balaban J connectivity index is 2.40. The Bertz CT molecular complexity index is 307. The van der Waals surface area contributed by atoms with Gasteiger partial charge in [-0.3, -0.25) is 4.79 Å². The van der Waals surface area contributed by atoms with Crippen molar-refractivity contribution in [1.29, 1.82) is 0 Å². The van der Waals surface area contributed by atoms with Gasteiger partial charge in [0.15, 0.2) is 0 Å². The van der Waals surface area contributed by atoms with E-state index in [0.29, 0.717) is 24.6 Å². The van der Waals surface area contributed by atoms with Gasteiger partial charge in [0.25, 0.3) is 0 Å². The van der Waals surface area contributed by atoms with Crippen LogP contribution >= 0.6 is 0 Å². The zero-order chi connectivity index (χ0) is 10.6. The van der Waals surface area contributed by atoms with Crippen molar-refractivity contribution < 1.29 is 14.3 Å². The van der Waals surface area contributed by atoms with E-state index in [0.717, 1.165) is 0 Å². The number of hydrogen-bond donors (Lipinski definition) is 1. The van der Waals surface area contributed by atoms with Crippen LogP contribution < -0.4 is 0 Å². The number of aryl methyl sites for hydroxylation is 1. The van der Waals surface area contributed by atoms with E-state index in [1.54, 1.807) is 0 Å². The summed E-state index contributed by atoms with van der Waals surface area (Å²) in [4.78, 5) is 10.2. The highest BCUT2D eigenvalue weighted by Gasteiger charge is 2.09. The Morgan fingerprint density at radius 2 is 2.21 bits per heavy atom. The zero-order valence-corrected chi connectivity index (χ0v) is 8.36. The van der Waals surface area contributed by atoms with Crippen LogP contribution in [0.4, 0.5) is 0 Å². The largest absolute Gasteiger partial charge is 0.481 e. The molecule has 1 N–H and O–H groups in total. The monoisotopic (exact) mass is 198 g/mol. The van der Waals surface area contributed by atoms with Gasteiger partial charge >= 0.3 is 5.97 Å². The Morgan fingerprint density at radius 3 is 2.71 bits per heavy atom. The molecule has 5 heteroatoms. The molecule has 5 nitrogen and oxygen atoms in total. The van der Waals surface area contributed by atoms with Crippen LogP contribution in [-0.2, 0) is 11.2 Å². The molecule has 0 aliphatic carbocycles. The van der Waals surface area contributed by atoms with Gasteiger partial charge in [0.2, 0.25) is 11.8 Å². The Morgan fingerprint density at radius 1 is 1.50 bits per heavy atom. The molecule has 78 valence electrons. The summed E-state index contributed by atoms with van der Waals surface area (Å²) in [6, 6.07) is 0. The van der Waals surface area contributed by atoms with Crippen molar-refractivity contribution in [1.82, 2.24) is 10.2 Å². The van der Waals surface area contributed by atoms with Crippen LogP contribution in [0.3, 0.4) is 0 Å². The SMILES string of the molecule is CC(C)c1nnc(CCCC(=O)O)o1. The number of hydrogen-bond acceptors (Lipinski definition) is 4. The van der Waals surface area contributed by atoms with E-state index in [4.69, 9.17) is 9.52 Å². The van der Waals surface area contributed by atoms with Crippen LogP contribution in [0.25, 0.3) is 0 Å². The molecule has 0 spiro atoms. The molecule has 0 bridgehead atoms. The minimum atomic E-state index is -0.798. The molecule has 0 radical (unpaired) electrons. The van der Waals surface area contributed by atoms with Crippen molar-refractivity contribution in [3.8, 4) is 0 Å². The summed E-state index contributed by atoms with van der Waals surface area (Å²) < 4.78 is 5.31. The van der Waals surface area contributed by atoms with E-state index in [9.17, 15) is 4.79 Å². The van der Waals surface area contributed by atoms with Crippen molar-refractivity contribution in [2.24, 2.45) is 0 Å². The lowest BCUT2D eigenvalue weighted by molar-refractivity contribution is -0.137. The molecular weight excluding hydrogens is 184 g/mol. The highest BCUT2D eigenvalue weighted by atomic mass is 16.4. The van der Waals surface area contributed by atoms with Crippen LogP contribution in [0.1, 0.15) is 44.4 Å². The second-order valence-electron chi connectivity index (χ2n) is 3.44. The molecule has 0 aliphatic heterocycles. The first-order valence-corrected chi connectivity index (χ1v) is 4.63. The first-order chi connectivity index (χ1) is 6.59. The topological polar surface area (TPSA) is 76.2 Å². The van der Waals surface area contributed by atoms with Gasteiger partial charge in [-0.25, -0.2) is 0 Å². The van der Waals surface area contributed by atoms with Gasteiger partial charge in [-0.1, -0.05) is 13.8 Å². The normalized spacial score (nSPS) is 10.8. The van der Waals surface area contributed by atoms with Crippen molar-refractivity contribution in [2.75, 3.05) is 0 Å². The van der Waals surface area contributed by atoms with Crippen molar-refractivity contribution >= 4 is 5.97 Å². The Hall–Kier alpha value is -1.39. The second kappa shape index (κ2) is 4.74. The maximum absolute atomic E-state index is 10.2. The molecule has 0 unspecified atom stereocenters. The minimum Gasteiger partial charge on any atom is -0.481 e. The Labute approximate surface area is 82.1 Å². The summed E-state index contributed by atoms with van der Waals surface area (Å²) in [5.41, 5.74) is 0. The van der Waals surface area contributed by atoms with Gasteiger partial charge < -0.3 is 9.52 Å². The van der Waals surface area contributed by atoms with Gasteiger partial charge in [0.1, 0.15) is 0 Å². The molecule has 1 aromatic heterocycles. The van der Waals surface area contributed by atoms with E-state index in [1.807, 2.05) is 13.8 Å².